The molecule has 0 saturated carbocycles. The third-order valence-electron chi connectivity index (χ3n) is 13.3. The Morgan fingerprint density at radius 2 is 0.758 bits per heavy atom. The van der Waals surface area contributed by atoms with Gasteiger partial charge in [0.25, 0.3) is 0 Å². The lowest BCUT2D eigenvalue weighted by Gasteiger charge is -2.25. The zero-order chi connectivity index (χ0) is 43.8. The van der Waals surface area contributed by atoms with Gasteiger partial charge in [-0.05, 0) is 142 Å². The van der Waals surface area contributed by atoms with Crippen molar-refractivity contribution in [2.45, 2.75) is 12.8 Å². The van der Waals surface area contributed by atoms with Crippen LogP contribution >= 0.6 is 0 Å². The molecule has 0 aliphatic heterocycles. The van der Waals surface area contributed by atoms with E-state index in [0.717, 1.165) is 23.7 Å². The highest BCUT2D eigenvalue weighted by molar-refractivity contribution is 6.21. The molecule has 11 aromatic rings. The average molecular weight is 840 g/mol. The van der Waals surface area contributed by atoms with Crippen LogP contribution in [0.3, 0.4) is 0 Å². The van der Waals surface area contributed by atoms with Crippen molar-refractivity contribution in [3.63, 3.8) is 0 Å². The number of fused-ring (bicyclic) bond motifs is 3. The summed E-state index contributed by atoms with van der Waals surface area (Å²) in [4.78, 5) is 4.71. The summed E-state index contributed by atoms with van der Waals surface area (Å²) in [5, 5.41) is 6.10. The minimum atomic E-state index is 1.00. The molecule has 1 aliphatic rings. The summed E-state index contributed by atoms with van der Waals surface area (Å²) in [6.45, 7) is 0. The second-order valence-electron chi connectivity index (χ2n) is 17.2. The number of allylic oxidation sites excluding steroid dienone is 4. The van der Waals surface area contributed by atoms with E-state index in [9.17, 15) is 0 Å². The minimum absolute atomic E-state index is 1.00. The van der Waals surface area contributed by atoms with Crippen LogP contribution in [0.2, 0.25) is 0 Å². The molecule has 0 N–H and O–H groups in total. The fourth-order valence-electron chi connectivity index (χ4n) is 10.3. The molecule has 1 nitrogen and oxygen atoms in total. The molecule has 66 heavy (non-hydrogen) atoms. The van der Waals surface area contributed by atoms with Gasteiger partial charge in [0, 0.05) is 11.6 Å². The molecule has 10 aromatic carbocycles. The van der Waals surface area contributed by atoms with Crippen molar-refractivity contribution in [2.75, 3.05) is 0 Å². The van der Waals surface area contributed by atoms with E-state index in [0.29, 0.717) is 0 Å². The molecule has 1 heterocycles. The fourth-order valence-corrected chi connectivity index (χ4v) is 10.3. The Kier molecular flexibility index (Phi) is 10.1. The van der Waals surface area contributed by atoms with Gasteiger partial charge >= 0.3 is 0 Å². The zero-order valence-electron chi connectivity index (χ0n) is 36.5. The van der Waals surface area contributed by atoms with Crippen molar-refractivity contribution in [1.29, 1.82) is 0 Å². The third-order valence-corrected chi connectivity index (χ3v) is 13.3. The molecular weight excluding hydrogens is 795 g/mol. The van der Waals surface area contributed by atoms with Crippen molar-refractivity contribution in [3.8, 4) is 77.9 Å². The van der Waals surface area contributed by atoms with Gasteiger partial charge in [-0.3, -0.25) is 4.98 Å². The number of hydrogen-bond acceptors (Lipinski definition) is 1. The summed E-state index contributed by atoms with van der Waals surface area (Å²) in [5.74, 6) is 0. The molecule has 0 atom stereocenters. The van der Waals surface area contributed by atoms with E-state index in [-0.39, 0.29) is 0 Å². The molecule has 0 fully saturated rings. The first-order valence-electron chi connectivity index (χ1n) is 23.0. The lowest BCUT2D eigenvalue weighted by atomic mass is 9.78. The Labute approximate surface area is 386 Å². The molecule has 0 saturated heterocycles. The largest absolute Gasteiger partial charge is 0.256 e. The van der Waals surface area contributed by atoms with Crippen molar-refractivity contribution in [1.82, 2.24) is 4.98 Å². The van der Waals surface area contributed by atoms with Gasteiger partial charge in [0.15, 0.2) is 0 Å². The van der Waals surface area contributed by atoms with Gasteiger partial charge in [-0.25, -0.2) is 0 Å². The van der Waals surface area contributed by atoms with Crippen molar-refractivity contribution < 1.29 is 0 Å². The van der Waals surface area contributed by atoms with E-state index in [1.165, 1.54) is 111 Å². The van der Waals surface area contributed by atoms with E-state index >= 15 is 0 Å². The van der Waals surface area contributed by atoms with E-state index in [2.05, 4.69) is 237 Å². The number of hydrogen-bond donors (Lipinski definition) is 0. The van der Waals surface area contributed by atoms with Crippen LogP contribution in [0, 0.1) is 0 Å². The van der Waals surface area contributed by atoms with E-state index in [1.807, 2.05) is 12.3 Å². The van der Waals surface area contributed by atoms with Gasteiger partial charge in [-0.15, -0.1) is 0 Å². The monoisotopic (exact) mass is 839 g/mol. The Balaban J connectivity index is 0.985. The molecule has 0 bridgehead atoms. The Hall–Kier alpha value is -8.39. The topological polar surface area (TPSA) is 12.9 Å². The quantitative estimate of drug-likeness (QED) is 0.139. The molecule has 0 radical (unpaired) electrons. The summed E-state index contributed by atoms with van der Waals surface area (Å²) in [6, 6.07) is 82.3. The van der Waals surface area contributed by atoms with Gasteiger partial charge in [0.05, 0.1) is 5.52 Å². The summed E-state index contributed by atoms with van der Waals surface area (Å²) in [7, 11) is 0. The fraction of sp³-hybridized carbons (Fsp3) is 0.0308. The van der Waals surface area contributed by atoms with Crippen LogP contribution in [-0.2, 0) is 0 Å². The number of rotatable bonds is 8. The Morgan fingerprint density at radius 3 is 1.30 bits per heavy atom. The Morgan fingerprint density at radius 1 is 0.303 bits per heavy atom. The molecule has 0 amide bonds. The third kappa shape index (κ3) is 7.03. The van der Waals surface area contributed by atoms with E-state index in [4.69, 9.17) is 4.98 Å². The molecule has 12 rings (SSSR count). The normalized spacial score (nSPS) is 12.5. The molecule has 1 aromatic heterocycles. The highest BCUT2D eigenvalue weighted by Crippen LogP contribution is 2.50. The van der Waals surface area contributed by atoms with Gasteiger partial charge < -0.3 is 0 Å². The number of benzene rings is 10. The minimum Gasteiger partial charge on any atom is -0.256 e. The number of nitrogens with zero attached hydrogens (tertiary/aromatic N) is 1. The molecule has 1 aliphatic carbocycles. The van der Waals surface area contributed by atoms with Crippen molar-refractivity contribution in [3.05, 3.63) is 254 Å². The Bertz CT molecular complexity index is 3580. The van der Waals surface area contributed by atoms with Crippen LogP contribution < -0.4 is 0 Å². The second-order valence-corrected chi connectivity index (χ2v) is 17.2. The van der Waals surface area contributed by atoms with Crippen LogP contribution in [0.25, 0.3) is 116 Å². The number of aromatic nitrogens is 1. The molecule has 1 heteroatoms. The first kappa shape index (κ1) is 39.2. The van der Waals surface area contributed by atoms with Crippen LogP contribution in [-0.4, -0.2) is 4.98 Å². The maximum Gasteiger partial charge on any atom is 0.0708 e. The lowest BCUT2D eigenvalue weighted by Crippen LogP contribution is -2.00. The standard InChI is InChI=1S/C65H45N/c1-5-18-46(19-6-1)58-43-59(64(50-22-9-3-10-23-50)65(51-24-11-4-12-25-51)63(58)49-20-7-2-8-21-49)47-35-31-44(32-36-47)45-33-38-52(39-34-45)61-54-27-13-15-29-56(54)62(57-30-16-14-28-55(57)61)53-40-37-48-26-17-41-66-60(48)42-53/h2-5,7-43H,1,6H2. The predicted molar refractivity (Wildman–Crippen MR) is 281 cm³/mol. The predicted octanol–water partition coefficient (Wildman–Crippen LogP) is 17.9. The maximum atomic E-state index is 4.71. The van der Waals surface area contributed by atoms with Crippen molar-refractivity contribution in [2.24, 2.45) is 0 Å². The van der Waals surface area contributed by atoms with Gasteiger partial charge in [-0.2, -0.15) is 0 Å². The highest BCUT2D eigenvalue weighted by atomic mass is 14.6. The van der Waals surface area contributed by atoms with Crippen LogP contribution in [0.15, 0.2) is 249 Å². The maximum absolute atomic E-state index is 4.71. The van der Waals surface area contributed by atoms with E-state index in [1.54, 1.807) is 0 Å². The van der Waals surface area contributed by atoms with Gasteiger partial charge in [-0.1, -0.05) is 224 Å². The molecule has 0 spiro atoms. The highest BCUT2D eigenvalue weighted by Gasteiger charge is 2.24. The van der Waals surface area contributed by atoms with Gasteiger partial charge in [0.2, 0.25) is 0 Å². The van der Waals surface area contributed by atoms with Crippen LogP contribution in [0.4, 0.5) is 0 Å². The van der Waals surface area contributed by atoms with Crippen LogP contribution in [0.5, 0.6) is 0 Å². The SMILES string of the molecule is C1=CC(c2cc(-c3ccc(-c4ccc(-c5c6ccccc6c(-c6ccc7cccnc7c6)c6ccccc56)cc4)cc3)c(-c3ccccc3)c(-c3ccccc3)c2-c2ccccc2)=CCC1. The smallest absolute Gasteiger partial charge is 0.0708 e. The average Bonchev–Trinajstić information content (AvgIpc) is 3.40. The summed E-state index contributed by atoms with van der Waals surface area (Å²) >= 11 is 0. The second kappa shape index (κ2) is 17.0. The molecule has 310 valence electrons. The summed E-state index contributed by atoms with van der Waals surface area (Å²) < 4.78 is 0. The van der Waals surface area contributed by atoms with Crippen molar-refractivity contribution >= 4 is 38.0 Å². The zero-order valence-corrected chi connectivity index (χ0v) is 36.5. The van der Waals surface area contributed by atoms with Crippen LogP contribution in [0.1, 0.15) is 18.4 Å². The lowest BCUT2D eigenvalue weighted by molar-refractivity contribution is 1.04. The first-order valence-corrected chi connectivity index (χ1v) is 23.0. The summed E-state index contributed by atoms with van der Waals surface area (Å²) in [5.41, 5.74) is 20.6. The number of pyridine rings is 1. The first-order chi connectivity index (χ1) is 32.8. The van der Waals surface area contributed by atoms with E-state index < -0.39 is 0 Å². The molecular formula is C65H45N. The van der Waals surface area contributed by atoms with Gasteiger partial charge in [0.1, 0.15) is 0 Å². The summed E-state index contributed by atoms with van der Waals surface area (Å²) in [6.07, 6.45) is 11.0. The molecule has 0 unspecified atom stereocenters.